The molecule has 0 bridgehead atoms. The standard InChI is InChI=1S/C20H23BrN2O4/c1-13(2)15-6-8-17(16(21)10-15)27-12-20(24)23-22-11-14-5-7-18(25-3)19(9-14)26-4/h5-11,13H,12H2,1-4H3,(H,23,24). The Morgan fingerprint density at radius 3 is 2.44 bits per heavy atom. The summed E-state index contributed by atoms with van der Waals surface area (Å²) in [5.74, 6) is 1.89. The SMILES string of the molecule is COc1ccc(C=NNC(=O)COc2ccc(C(C)C)cc2Br)cc1OC. The van der Waals surface area contributed by atoms with Gasteiger partial charge in [0.05, 0.1) is 24.9 Å². The molecule has 27 heavy (non-hydrogen) atoms. The van der Waals surface area contributed by atoms with E-state index in [1.165, 1.54) is 11.8 Å². The fourth-order valence-electron chi connectivity index (χ4n) is 2.28. The average Bonchev–Trinajstić information content (AvgIpc) is 2.66. The molecule has 6 nitrogen and oxygen atoms in total. The normalized spacial score (nSPS) is 10.9. The highest BCUT2D eigenvalue weighted by Gasteiger charge is 2.08. The Morgan fingerprint density at radius 1 is 1.11 bits per heavy atom. The number of hydrazone groups is 1. The zero-order valence-corrected chi connectivity index (χ0v) is 17.4. The lowest BCUT2D eigenvalue weighted by molar-refractivity contribution is -0.123. The predicted octanol–water partition coefficient (Wildman–Crippen LogP) is 4.12. The molecule has 2 aromatic carbocycles. The van der Waals surface area contributed by atoms with Gasteiger partial charge in [0.15, 0.2) is 18.1 Å². The molecule has 7 heteroatoms. The highest BCUT2D eigenvalue weighted by molar-refractivity contribution is 9.10. The predicted molar refractivity (Wildman–Crippen MR) is 109 cm³/mol. The minimum atomic E-state index is -0.355. The second kappa shape index (κ2) is 9.97. The summed E-state index contributed by atoms with van der Waals surface area (Å²) in [6.45, 7) is 4.10. The van der Waals surface area contributed by atoms with E-state index in [2.05, 4.69) is 40.3 Å². The van der Waals surface area contributed by atoms with Crippen molar-refractivity contribution in [3.05, 3.63) is 52.0 Å². The molecule has 0 saturated heterocycles. The van der Waals surface area contributed by atoms with Crippen LogP contribution in [0.5, 0.6) is 17.2 Å². The van der Waals surface area contributed by atoms with Crippen LogP contribution in [0.25, 0.3) is 0 Å². The molecule has 0 heterocycles. The topological polar surface area (TPSA) is 69.2 Å². The number of rotatable bonds is 8. The van der Waals surface area contributed by atoms with Crippen LogP contribution >= 0.6 is 15.9 Å². The van der Waals surface area contributed by atoms with Crippen LogP contribution in [0.1, 0.15) is 30.9 Å². The highest BCUT2D eigenvalue weighted by Crippen LogP contribution is 2.29. The van der Waals surface area contributed by atoms with E-state index >= 15 is 0 Å². The zero-order valence-electron chi connectivity index (χ0n) is 15.8. The number of nitrogens with one attached hydrogen (secondary N) is 1. The van der Waals surface area contributed by atoms with Gasteiger partial charge in [0.2, 0.25) is 0 Å². The van der Waals surface area contributed by atoms with Gasteiger partial charge < -0.3 is 14.2 Å². The first-order chi connectivity index (χ1) is 12.9. The van der Waals surface area contributed by atoms with E-state index in [1.54, 1.807) is 32.4 Å². The van der Waals surface area contributed by atoms with Crippen molar-refractivity contribution in [2.24, 2.45) is 5.10 Å². The lowest BCUT2D eigenvalue weighted by atomic mass is 10.0. The van der Waals surface area contributed by atoms with Gasteiger partial charge in [-0.1, -0.05) is 19.9 Å². The second-order valence-electron chi connectivity index (χ2n) is 6.04. The third-order valence-corrected chi connectivity index (χ3v) is 4.41. The molecule has 0 spiro atoms. The molecule has 0 unspecified atom stereocenters. The minimum Gasteiger partial charge on any atom is -0.493 e. The lowest BCUT2D eigenvalue weighted by Gasteiger charge is -2.10. The van der Waals surface area contributed by atoms with Gasteiger partial charge in [0.1, 0.15) is 5.75 Å². The fourth-order valence-corrected chi connectivity index (χ4v) is 2.79. The number of methoxy groups -OCH3 is 2. The molecule has 0 aliphatic heterocycles. The van der Waals surface area contributed by atoms with Crippen LogP contribution in [0.3, 0.4) is 0 Å². The first-order valence-corrected chi connectivity index (χ1v) is 9.20. The largest absolute Gasteiger partial charge is 0.493 e. The number of hydrogen-bond donors (Lipinski definition) is 1. The van der Waals surface area contributed by atoms with Crippen molar-refractivity contribution in [3.8, 4) is 17.2 Å². The van der Waals surface area contributed by atoms with Crippen molar-refractivity contribution in [2.45, 2.75) is 19.8 Å². The lowest BCUT2D eigenvalue weighted by Crippen LogP contribution is -2.24. The maximum absolute atomic E-state index is 11.9. The molecule has 0 aliphatic rings. The van der Waals surface area contributed by atoms with Crippen LogP contribution in [0, 0.1) is 0 Å². The summed E-state index contributed by atoms with van der Waals surface area (Å²) in [5.41, 5.74) is 4.39. The average molecular weight is 435 g/mol. The number of ether oxygens (including phenoxy) is 3. The molecule has 1 N–H and O–H groups in total. The summed E-state index contributed by atoms with van der Waals surface area (Å²) in [6, 6.07) is 11.2. The molecule has 2 aromatic rings. The van der Waals surface area contributed by atoms with Crippen LogP contribution in [0.4, 0.5) is 0 Å². The molecule has 0 radical (unpaired) electrons. The quantitative estimate of drug-likeness (QED) is 0.501. The van der Waals surface area contributed by atoms with Gasteiger partial charge in [-0.3, -0.25) is 4.79 Å². The van der Waals surface area contributed by atoms with E-state index in [1.807, 2.05) is 18.2 Å². The summed E-state index contributed by atoms with van der Waals surface area (Å²) < 4.78 is 16.8. The van der Waals surface area contributed by atoms with Crippen molar-refractivity contribution in [1.29, 1.82) is 0 Å². The third kappa shape index (κ3) is 5.99. The minimum absolute atomic E-state index is 0.136. The summed E-state index contributed by atoms with van der Waals surface area (Å²) in [5, 5.41) is 3.93. The van der Waals surface area contributed by atoms with E-state index in [0.29, 0.717) is 23.2 Å². The van der Waals surface area contributed by atoms with Crippen LogP contribution < -0.4 is 19.6 Å². The number of carbonyl (C=O) groups is 1. The molecule has 2 rings (SSSR count). The molecule has 144 valence electrons. The fraction of sp³-hybridized carbons (Fsp3) is 0.300. The van der Waals surface area contributed by atoms with E-state index < -0.39 is 0 Å². The van der Waals surface area contributed by atoms with Gasteiger partial charge in [-0.05, 0) is 63.3 Å². The van der Waals surface area contributed by atoms with Crippen molar-refractivity contribution >= 4 is 28.1 Å². The van der Waals surface area contributed by atoms with E-state index in [0.717, 1.165) is 10.0 Å². The van der Waals surface area contributed by atoms with Crippen molar-refractivity contribution < 1.29 is 19.0 Å². The van der Waals surface area contributed by atoms with Crippen molar-refractivity contribution in [1.82, 2.24) is 5.43 Å². The number of amides is 1. The monoisotopic (exact) mass is 434 g/mol. The first-order valence-electron chi connectivity index (χ1n) is 8.40. The summed E-state index contributed by atoms with van der Waals surface area (Å²) in [4.78, 5) is 11.9. The van der Waals surface area contributed by atoms with Gasteiger partial charge in [0.25, 0.3) is 5.91 Å². The van der Waals surface area contributed by atoms with Gasteiger partial charge in [0, 0.05) is 0 Å². The molecule has 0 fully saturated rings. The molecule has 0 aromatic heterocycles. The summed E-state index contributed by atoms with van der Waals surface area (Å²) in [6.07, 6.45) is 1.52. The Balaban J connectivity index is 1.88. The maximum atomic E-state index is 11.9. The Bertz CT molecular complexity index is 822. The molecule has 0 atom stereocenters. The number of halogens is 1. The molecular weight excluding hydrogens is 412 g/mol. The van der Waals surface area contributed by atoms with Crippen molar-refractivity contribution in [2.75, 3.05) is 20.8 Å². The van der Waals surface area contributed by atoms with Crippen LogP contribution in [-0.2, 0) is 4.79 Å². The Labute approximate surface area is 167 Å². The summed E-state index contributed by atoms with van der Waals surface area (Å²) >= 11 is 3.47. The van der Waals surface area contributed by atoms with Gasteiger partial charge in [-0.25, -0.2) is 5.43 Å². The third-order valence-electron chi connectivity index (χ3n) is 3.79. The zero-order chi connectivity index (χ0) is 19.8. The number of benzene rings is 2. The smallest absolute Gasteiger partial charge is 0.277 e. The van der Waals surface area contributed by atoms with Gasteiger partial charge >= 0.3 is 0 Å². The summed E-state index contributed by atoms with van der Waals surface area (Å²) in [7, 11) is 3.13. The van der Waals surface area contributed by atoms with Gasteiger partial charge in [-0.15, -0.1) is 0 Å². The van der Waals surface area contributed by atoms with Gasteiger partial charge in [-0.2, -0.15) is 5.10 Å². The second-order valence-corrected chi connectivity index (χ2v) is 6.90. The Morgan fingerprint density at radius 2 is 1.81 bits per heavy atom. The molecule has 0 saturated carbocycles. The highest BCUT2D eigenvalue weighted by atomic mass is 79.9. The van der Waals surface area contributed by atoms with E-state index in [-0.39, 0.29) is 12.5 Å². The number of carbonyl (C=O) groups excluding carboxylic acids is 1. The number of nitrogens with zero attached hydrogens (tertiary/aromatic N) is 1. The molecule has 0 aliphatic carbocycles. The van der Waals surface area contributed by atoms with Crippen LogP contribution in [0.2, 0.25) is 0 Å². The Kier molecular flexibility index (Phi) is 7.67. The first kappa shape index (κ1) is 20.8. The number of hydrogen-bond acceptors (Lipinski definition) is 5. The molecular formula is C20H23BrN2O4. The van der Waals surface area contributed by atoms with Crippen LogP contribution in [-0.4, -0.2) is 32.9 Å². The maximum Gasteiger partial charge on any atom is 0.277 e. The van der Waals surface area contributed by atoms with E-state index in [4.69, 9.17) is 14.2 Å². The Hall–Kier alpha value is -2.54. The molecule has 1 amide bonds. The van der Waals surface area contributed by atoms with Crippen LogP contribution in [0.15, 0.2) is 46.0 Å². The van der Waals surface area contributed by atoms with E-state index in [9.17, 15) is 4.79 Å². The van der Waals surface area contributed by atoms with Crippen molar-refractivity contribution in [3.63, 3.8) is 0 Å².